The van der Waals surface area contributed by atoms with E-state index in [1.54, 1.807) is 0 Å². The van der Waals surface area contributed by atoms with Gasteiger partial charge in [0.15, 0.2) is 0 Å². The molecule has 14 heavy (non-hydrogen) atoms. The zero-order valence-corrected chi connectivity index (χ0v) is 9.97. The third-order valence-corrected chi connectivity index (χ3v) is 3.25. The minimum absolute atomic E-state index is 0.0204. The van der Waals surface area contributed by atoms with Gasteiger partial charge in [0, 0.05) is 18.9 Å². The second-order valence-corrected chi connectivity index (χ2v) is 4.36. The molecule has 0 aromatic carbocycles. The minimum atomic E-state index is -0.0377. The van der Waals surface area contributed by atoms with E-state index >= 15 is 0 Å². The molecule has 4 heteroatoms. The van der Waals surface area contributed by atoms with Crippen LogP contribution < -0.4 is 5.32 Å². The predicted molar refractivity (Wildman–Crippen MR) is 58.4 cm³/mol. The van der Waals surface area contributed by atoms with E-state index in [0.29, 0.717) is 5.33 Å². The molecule has 1 aliphatic carbocycles. The van der Waals surface area contributed by atoms with E-state index in [4.69, 9.17) is 0 Å². The summed E-state index contributed by atoms with van der Waals surface area (Å²) in [6, 6.07) is 0.0614. The maximum atomic E-state index is 11.6. The monoisotopic (exact) mass is 261 g/mol. The molecule has 0 bridgehead atoms. The lowest BCUT2D eigenvalue weighted by molar-refractivity contribution is -0.124. The lowest BCUT2D eigenvalue weighted by Crippen LogP contribution is -2.44. The lowest BCUT2D eigenvalue weighted by atomic mass is 9.82. The summed E-state index contributed by atoms with van der Waals surface area (Å²) >= 11 is 3.18. The fourth-order valence-electron chi connectivity index (χ4n) is 2.05. The van der Waals surface area contributed by atoms with Crippen molar-refractivity contribution in [2.45, 2.75) is 38.6 Å². The minimum Gasteiger partial charge on any atom is -0.353 e. The summed E-state index contributed by atoms with van der Waals surface area (Å²) in [7, 11) is 0. The predicted octanol–water partition coefficient (Wildman–Crippen LogP) is 1.65. The second kappa shape index (κ2) is 5.49. The SMILES string of the molecule is CC(=O)NC1CCCCC1C(=O)CBr. The summed E-state index contributed by atoms with van der Waals surface area (Å²) in [5, 5.41) is 3.26. The van der Waals surface area contributed by atoms with Crippen LogP contribution in [-0.4, -0.2) is 23.1 Å². The van der Waals surface area contributed by atoms with Crippen molar-refractivity contribution in [3.8, 4) is 0 Å². The van der Waals surface area contributed by atoms with E-state index in [9.17, 15) is 9.59 Å². The van der Waals surface area contributed by atoms with Crippen molar-refractivity contribution in [2.75, 3.05) is 5.33 Å². The van der Waals surface area contributed by atoms with Gasteiger partial charge in [-0.2, -0.15) is 0 Å². The first-order chi connectivity index (χ1) is 6.65. The highest BCUT2D eigenvalue weighted by atomic mass is 79.9. The van der Waals surface area contributed by atoms with Crippen molar-refractivity contribution in [1.29, 1.82) is 0 Å². The van der Waals surface area contributed by atoms with Crippen molar-refractivity contribution in [2.24, 2.45) is 5.92 Å². The van der Waals surface area contributed by atoms with E-state index in [0.717, 1.165) is 25.7 Å². The van der Waals surface area contributed by atoms with Crippen LogP contribution >= 0.6 is 15.9 Å². The van der Waals surface area contributed by atoms with Crippen molar-refractivity contribution < 1.29 is 9.59 Å². The Morgan fingerprint density at radius 3 is 2.57 bits per heavy atom. The van der Waals surface area contributed by atoms with Crippen LogP contribution in [0.2, 0.25) is 0 Å². The van der Waals surface area contributed by atoms with Gasteiger partial charge in [0.2, 0.25) is 5.91 Å². The third-order valence-electron chi connectivity index (χ3n) is 2.70. The number of alkyl halides is 1. The highest BCUT2D eigenvalue weighted by molar-refractivity contribution is 9.09. The molecule has 3 nitrogen and oxygen atoms in total. The zero-order valence-electron chi connectivity index (χ0n) is 8.38. The molecule has 0 heterocycles. The van der Waals surface area contributed by atoms with E-state index in [-0.39, 0.29) is 23.7 Å². The summed E-state index contributed by atoms with van der Waals surface area (Å²) in [6.45, 7) is 1.50. The smallest absolute Gasteiger partial charge is 0.217 e. The topological polar surface area (TPSA) is 46.2 Å². The van der Waals surface area contributed by atoms with Crippen molar-refractivity contribution >= 4 is 27.6 Å². The largest absolute Gasteiger partial charge is 0.353 e. The van der Waals surface area contributed by atoms with E-state index in [1.807, 2.05) is 0 Å². The number of hydrogen-bond acceptors (Lipinski definition) is 2. The van der Waals surface area contributed by atoms with E-state index < -0.39 is 0 Å². The van der Waals surface area contributed by atoms with Gasteiger partial charge in [0.25, 0.3) is 0 Å². The molecule has 1 saturated carbocycles. The maximum Gasteiger partial charge on any atom is 0.217 e. The number of Topliss-reactive ketones (excluding diaryl/α,β-unsaturated/α-hetero) is 1. The Morgan fingerprint density at radius 1 is 1.36 bits per heavy atom. The fraction of sp³-hybridized carbons (Fsp3) is 0.800. The molecule has 2 atom stereocenters. The van der Waals surface area contributed by atoms with E-state index in [2.05, 4.69) is 21.2 Å². The summed E-state index contributed by atoms with van der Waals surface area (Å²) < 4.78 is 0. The molecule has 0 aliphatic heterocycles. The van der Waals surface area contributed by atoms with Gasteiger partial charge in [-0.05, 0) is 12.8 Å². The number of amides is 1. The average molecular weight is 262 g/mol. The van der Waals surface area contributed by atoms with Crippen molar-refractivity contribution in [3.05, 3.63) is 0 Å². The Balaban J connectivity index is 2.58. The molecule has 0 radical (unpaired) electrons. The van der Waals surface area contributed by atoms with Crippen LogP contribution in [0.3, 0.4) is 0 Å². The standard InChI is InChI=1S/C10H16BrNO2/c1-7(13)12-9-5-3-2-4-8(9)10(14)6-11/h8-9H,2-6H2,1H3,(H,12,13). The van der Waals surface area contributed by atoms with Crippen LogP contribution in [0.5, 0.6) is 0 Å². The van der Waals surface area contributed by atoms with Crippen molar-refractivity contribution in [1.82, 2.24) is 5.32 Å². The van der Waals surface area contributed by atoms with Gasteiger partial charge in [-0.3, -0.25) is 9.59 Å². The maximum absolute atomic E-state index is 11.6. The fourth-order valence-corrected chi connectivity index (χ4v) is 2.47. The molecule has 1 fully saturated rings. The first-order valence-corrected chi connectivity index (χ1v) is 6.13. The van der Waals surface area contributed by atoms with Gasteiger partial charge < -0.3 is 5.32 Å². The Kier molecular flexibility index (Phi) is 4.58. The summed E-state index contributed by atoms with van der Waals surface area (Å²) in [4.78, 5) is 22.5. The van der Waals surface area contributed by atoms with Crippen LogP contribution in [0.1, 0.15) is 32.6 Å². The lowest BCUT2D eigenvalue weighted by Gasteiger charge is -2.30. The number of rotatable bonds is 3. The van der Waals surface area contributed by atoms with Crippen LogP contribution in [-0.2, 0) is 9.59 Å². The Bertz CT molecular complexity index is 230. The molecule has 0 saturated heterocycles. The molecule has 80 valence electrons. The Hall–Kier alpha value is -0.380. The molecule has 0 aromatic rings. The first kappa shape index (κ1) is 11.7. The molecule has 0 spiro atoms. The van der Waals surface area contributed by atoms with Gasteiger partial charge in [0.1, 0.15) is 5.78 Å². The molecule has 1 amide bonds. The quantitative estimate of drug-likeness (QED) is 0.786. The van der Waals surface area contributed by atoms with Crippen molar-refractivity contribution in [3.63, 3.8) is 0 Å². The Morgan fingerprint density at radius 2 is 2.00 bits per heavy atom. The second-order valence-electron chi connectivity index (χ2n) is 3.80. The summed E-state index contributed by atoms with van der Waals surface area (Å²) in [6.07, 6.45) is 4.05. The molecule has 1 N–H and O–H groups in total. The van der Waals surface area contributed by atoms with Gasteiger partial charge in [-0.1, -0.05) is 28.8 Å². The number of carbonyl (C=O) groups is 2. The Labute approximate surface area is 92.8 Å². The highest BCUT2D eigenvalue weighted by Gasteiger charge is 2.30. The van der Waals surface area contributed by atoms with Crippen LogP contribution in [0.4, 0.5) is 0 Å². The number of halogens is 1. The van der Waals surface area contributed by atoms with Crippen LogP contribution in [0.15, 0.2) is 0 Å². The first-order valence-electron chi connectivity index (χ1n) is 5.01. The molecule has 1 rings (SSSR count). The summed E-state index contributed by atoms with van der Waals surface area (Å²) in [5.74, 6) is 0.194. The van der Waals surface area contributed by atoms with Crippen LogP contribution in [0.25, 0.3) is 0 Å². The van der Waals surface area contributed by atoms with E-state index in [1.165, 1.54) is 6.92 Å². The van der Waals surface area contributed by atoms with Gasteiger partial charge in [-0.25, -0.2) is 0 Å². The number of carbonyl (C=O) groups excluding carboxylic acids is 2. The third kappa shape index (κ3) is 3.08. The van der Waals surface area contributed by atoms with Gasteiger partial charge in [-0.15, -0.1) is 0 Å². The zero-order chi connectivity index (χ0) is 10.6. The summed E-state index contributed by atoms with van der Waals surface area (Å²) in [5.41, 5.74) is 0. The highest BCUT2D eigenvalue weighted by Crippen LogP contribution is 2.25. The molecular formula is C10H16BrNO2. The number of ketones is 1. The number of hydrogen-bond donors (Lipinski definition) is 1. The average Bonchev–Trinajstić information content (AvgIpc) is 2.16. The molecule has 0 aromatic heterocycles. The molecule has 1 aliphatic rings. The number of nitrogens with one attached hydrogen (secondary N) is 1. The molecular weight excluding hydrogens is 246 g/mol. The normalized spacial score (nSPS) is 27.0. The van der Waals surface area contributed by atoms with Gasteiger partial charge in [0.05, 0.1) is 5.33 Å². The van der Waals surface area contributed by atoms with Gasteiger partial charge >= 0.3 is 0 Å². The van der Waals surface area contributed by atoms with Crippen LogP contribution in [0, 0.1) is 5.92 Å². The molecule has 2 unspecified atom stereocenters.